The van der Waals surface area contributed by atoms with Crippen LogP contribution in [0, 0.1) is 0 Å². The zero-order chi connectivity index (χ0) is 12.3. The minimum absolute atomic E-state index is 0.119. The molecule has 0 unspecified atom stereocenters. The quantitative estimate of drug-likeness (QED) is 0.715. The number of hydrogen-bond acceptors (Lipinski definition) is 3. The van der Waals surface area contributed by atoms with Gasteiger partial charge < -0.3 is 15.4 Å². The first-order valence-electron chi connectivity index (χ1n) is 6.04. The van der Waals surface area contributed by atoms with E-state index in [0.29, 0.717) is 5.70 Å². The van der Waals surface area contributed by atoms with E-state index in [-0.39, 0.29) is 18.2 Å². The van der Waals surface area contributed by atoms with Crippen LogP contribution in [0.15, 0.2) is 11.8 Å². The lowest BCUT2D eigenvalue weighted by Gasteiger charge is -2.34. The van der Waals surface area contributed by atoms with Gasteiger partial charge in [-0.05, 0) is 19.8 Å². The molecule has 2 amide bonds. The fourth-order valence-corrected chi connectivity index (χ4v) is 2.35. The van der Waals surface area contributed by atoms with Gasteiger partial charge in [0.25, 0.3) is 0 Å². The summed E-state index contributed by atoms with van der Waals surface area (Å²) in [7, 11) is 0. The second-order valence-electron chi connectivity index (χ2n) is 4.98. The number of ether oxygens (including phenoxy) is 1. The molecule has 1 heterocycles. The van der Waals surface area contributed by atoms with E-state index in [4.69, 9.17) is 4.74 Å². The third kappa shape index (κ3) is 3.22. The summed E-state index contributed by atoms with van der Waals surface area (Å²) in [6.45, 7) is 2.22. The summed E-state index contributed by atoms with van der Waals surface area (Å²) in [5.74, 6) is -0.399. The highest BCUT2D eigenvalue weighted by Crippen LogP contribution is 2.27. The van der Waals surface area contributed by atoms with Crippen LogP contribution < -0.4 is 10.6 Å². The average Bonchev–Trinajstić information content (AvgIpc) is 2.63. The van der Waals surface area contributed by atoms with E-state index < -0.39 is 5.97 Å². The Morgan fingerprint density at radius 2 is 2.06 bits per heavy atom. The Kier molecular flexibility index (Phi) is 3.36. The van der Waals surface area contributed by atoms with E-state index in [2.05, 4.69) is 17.6 Å². The minimum Gasteiger partial charge on any atom is -0.456 e. The first kappa shape index (κ1) is 12.0. The van der Waals surface area contributed by atoms with Crippen molar-refractivity contribution in [3.63, 3.8) is 0 Å². The fraction of sp³-hybridized carbons (Fsp3) is 0.667. The minimum atomic E-state index is -0.399. The van der Waals surface area contributed by atoms with Crippen molar-refractivity contribution in [2.75, 3.05) is 6.61 Å². The lowest BCUT2D eigenvalue weighted by atomic mass is 9.83. The molecule has 1 fully saturated rings. The molecular formula is C12H18N2O3. The van der Waals surface area contributed by atoms with E-state index in [1.165, 1.54) is 12.5 Å². The molecule has 5 nitrogen and oxygen atoms in total. The molecule has 0 aromatic heterocycles. The number of hydrogen-bond donors (Lipinski definition) is 2. The smallest absolute Gasteiger partial charge is 0.333 e. The average molecular weight is 238 g/mol. The van der Waals surface area contributed by atoms with Crippen molar-refractivity contribution in [3.05, 3.63) is 11.8 Å². The van der Waals surface area contributed by atoms with Gasteiger partial charge in [-0.3, -0.25) is 0 Å². The number of esters is 1. The molecule has 0 saturated heterocycles. The number of amides is 2. The number of urea groups is 1. The van der Waals surface area contributed by atoms with Crippen molar-refractivity contribution >= 4 is 12.0 Å². The first-order chi connectivity index (χ1) is 8.07. The molecule has 17 heavy (non-hydrogen) atoms. The van der Waals surface area contributed by atoms with Crippen molar-refractivity contribution in [2.45, 2.75) is 44.6 Å². The van der Waals surface area contributed by atoms with Crippen LogP contribution in [0.2, 0.25) is 0 Å². The van der Waals surface area contributed by atoms with Crippen LogP contribution in [0.3, 0.4) is 0 Å². The van der Waals surface area contributed by atoms with Gasteiger partial charge in [-0.15, -0.1) is 0 Å². The predicted molar refractivity (Wildman–Crippen MR) is 62.2 cm³/mol. The van der Waals surface area contributed by atoms with Crippen molar-refractivity contribution in [1.29, 1.82) is 0 Å². The molecule has 94 valence electrons. The maximum absolute atomic E-state index is 11.7. The number of carbonyl (C=O) groups is 2. The molecular weight excluding hydrogens is 220 g/mol. The molecule has 1 aliphatic heterocycles. The summed E-state index contributed by atoms with van der Waals surface area (Å²) in [5, 5.41) is 5.63. The van der Waals surface area contributed by atoms with Crippen LogP contribution in [0.5, 0.6) is 0 Å². The second kappa shape index (κ2) is 4.77. The standard InChI is InChI=1S/C12H18N2O3/c1-12(5-3-2-4-6-12)14-11(16)13-9-7-10(15)17-8-9/h7H,2-6,8H2,1H3,(H2,13,14,16). The Morgan fingerprint density at radius 3 is 2.65 bits per heavy atom. The van der Waals surface area contributed by atoms with Crippen LogP contribution in [-0.4, -0.2) is 24.1 Å². The maximum Gasteiger partial charge on any atom is 0.333 e. The summed E-state index contributed by atoms with van der Waals surface area (Å²) in [6, 6.07) is -0.251. The Balaban J connectivity index is 1.84. The van der Waals surface area contributed by atoms with Crippen LogP contribution in [0.25, 0.3) is 0 Å². The number of carbonyl (C=O) groups excluding carboxylic acids is 2. The van der Waals surface area contributed by atoms with Gasteiger partial charge in [0.05, 0.1) is 5.70 Å². The van der Waals surface area contributed by atoms with Crippen molar-refractivity contribution in [1.82, 2.24) is 10.6 Å². The van der Waals surface area contributed by atoms with Crippen molar-refractivity contribution in [2.24, 2.45) is 0 Å². The highest BCUT2D eigenvalue weighted by molar-refractivity contribution is 5.87. The fourth-order valence-electron chi connectivity index (χ4n) is 2.35. The first-order valence-corrected chi connectivity index (χ1v) is 6.04. The van der Waals surface area contributed by atoms with Gasteiger partial charge in [0, 0.05) is 11.6 Å². The van der Waals surface area contributed by atoms with E-state index in [0.717, 1.165) is 25.7 Å². The summed E-state index contributed by atoms with van der Waals surface area (Å²) in [6.07, 6.45) is 6.88. The lowest BCUT2D eigenvalue weighted by molar-refractivity contribution is -0.134. The topological polar surface area (TPSA) is 67.4 Å². The van der Waals surface area contributed by atoms with Gasteiger partial charge in [0.1, 0.15) is 6.61 Å². The SMILES string of the molecule is CC1(NC(=O)NC2=CC(=O)OC2)CCCCC1. The Bertz CT molecular complexity index is 357. The highest BCUT2D eigenvalue weighted by Gasteiger charge is 2.28. The Morgan fingerprint density at radius 1 is 1.35 bits per heavy atom. The van der Waals surface area contributed by atoms with E-state index in [1.807, 2.05) is 0 Å². The molecule has 0 bridgehead atoms. The Labute approximate surface area is 101 Å². The molecule has 1 saturated carbocycles. The predicted octanol–water partition coefficient (Wildman–Crippen LogP) is 1.45. The lowest BCUT2D eigenvalue weighted by Crippen LogP contribution is -2.51. The monoisotopic (exact) mass is 238 g/mol. The van der Waals surface area contributed by atoms with Crippen LogP contribution in [0.4, 0.5) is 4.79 Å². The Hall–Kier alpha value is -1.52. The summed E-state index contributed by atoms with van der Waals surface area (Å²) in [5.41, 5.74) is 0.402. The van der Waals surface area contributed by atoms with Crippen molar-refractivity contribution < 1.29 is 14.3 Å². The van der Waals surface area contributed by atoms with Gasteiger partial charge in [-0.25, -0.2) is 9.59 Å². The molecule has 0 aromatic rings. The van der Waals surface area contributed by atoms with Gasteiger partial charge in [-0.2, -0.15) is 0 Å². The van der Waals surface area contributed by atoms with E-state index in [9.17, 15) is 9.59 Å². The van der Waals surface area contributed by atoms with E-state index in [1.54, 1.807) is 0 Å². The molecule has 0 spiro atoms. The van der Waals surface area contributed by atoms with Gasteiger partial charge in [-0.1, -0.05) is 19.3 Å². The van der Waals surface area contributed by atoms with Crippen LogP contribution >= 0.6 is 0 Å². The zero-order valence-electron chi connectivity index (χ0n) is 10.0. The number of rotatable bonds is 2. The van der Waals surface area contributed by atoms with Gasteiger partial charge >= 0.3 is 12.0 Å². The summed E-state index contributed by atoms with van der Waals surface area (Å²) >= 11 is 0. The second-order valence-corrected chi connectivity index (χ2v) is 4.98. The van der Waals surface area contributed by atoms with Crippen LogP contribution in [-0.2, 0) is 9.53 Å². The molecule has 0 radical (unpaired) electrons. The molecule has 1 aliphatic carbocycles. The highest BCUT2D eigenvalue weighted by atomic mass is 16.5. The maximum atomic E-state index is 11.7. The van der Waals surface area contributed by atoms with Gasteiger partial charge in [0.15, 0.2) is 0 Å². The molecule has 0 aromatic carbocycles. The molecule has 2 rings (SSSR count). The number of nitrogens with one attached hydrogen (secondary N) is 2. The molecule has 2 aliphatic rings. The normalized spacial score (nSPS) is 22.6. The third-order valence-corrected chi connectivity index (χ3v) is 3.31. The molecule has 2 N–H and O–H groups in total. The zero-order valence-corrected chi connectivity index (χ0v) is 10.0. The van der Waals surface area contributed by atoms with Crippen LogP contribution in [0.1, 0.15) is 39.0 Å². The summed E-state index contributed by atoms with van der Waals surface area (Å²) in [4.78, 5) is 22.6. The largest absolute Gasteiger partial charge is 0.456 e. The van der Waals surface area contributed by atoms with E-state index >= 15 is 0 Å². The summed E-state index contributed by atoms with van der Waals surface area (Å²) < 4.78 is 4.71. The number of cyclic esters (lactones) is 1. The van der Waals surface area contributed by atoms with Crippen molar-refractivity contribution in [3.8, 4) is 0 Å². The molecule has 0 atom stereocenters. The molecule has 5 heteroatoms. The third-order valence-electron chi connectivity index (χ3n) is 3.31. The van der Waals surface area contributed by atoms with Gasteiger partial charge in [0.2, 0.25) is 0 Å².